The fraction of sp³-hybridized carbons (Fsp3) is 0.880. The van der Waals surface area contributed by atoms with Crippen molar-refractivity contribution in [3.8, 4) is 0 Å². The maximum atomic E-state index is 12.5. The molecule has 3 saturated carbocycles. The van der Waals surface area contributed by atoms with E-state index in [1.165, 1.54) is 6.92 Å². The maximum Gasteiger partial charge on any atom is 0.309 e. The van der Waals surface area contributed by atoms with Crippen molar-refractivity contribution in [2.45, 2.75) is 85.7 Å². The molecule has 0 amide bonds. The summed E-state index contributed by atoms with van der Waals surface area (Å²) in [5.41, 5.74) is -0.328. The molecule has 7 unspecified atom stereocenters. The number of carbonyl (C=O) groups excluding carboxylic acids is 3. The zero-order valence-corrected chi connectivity index (χ0v) is 19.7. The first-order valence-electron chi connectivity index (χ1n) is 12.0. The molecule has 0 N–H and O–H groups in total. The SMILES string of the molecule is CCC(=O)OCC12CCCC(C)(C)C1CCC1(C)C3COC(=O)C3CC(OC(C)=O)C12. The van der Waals surface area contributed by atoms with E-state index in [4.69, 9.17) is 14.2 Å². The number of carbonyl (C=O) groups is 3. The molecule has 0 aromatic rings. The summed E-state index contributed by atoms with van der Waals surface area (Å²) in [6, 6.07) is 0. The average molecular weight is 435 g/mol. The van der Waals surface area contributed by atoms with Gasteiger partial charge in [-0.3, -0.25) is 14.4 Å². The van der Waals surface area contributed by atoms with Crippen molar-refractivity contribution in [1.82, 2.24) is 0 Å². The van der Waals surface area contributed by atoms with E-state index >= 15 is 0 Å². The van der Waals surface area contributed by atoms with Crippen molar-refractivity contribution >= 4 is 17.9 Å². The second-order valence-corrected chi connectivity index (χ2v) is 11.4. The van der Waals surface area contributed by atoms with Gasteiger partial charge >= 0.3 is 17.9 Å². The maximum absolute atomic E-state index is 12.5. The van der Waals surface area contributed by atoms with E-state index in [2.05, 4.69) is 20.8 Å². The summed E-state index contributed by atoms with van der Waals surface area (Å²) in [4.78, 5) is 36.9. The van der Waals surface area contributed by atoms with Crippen LogP contribution in [0.4, 0.5) is 0 Å². The average Bonchev–Trinajstić information content (AvgIpc) is 3.06. The highest BCUT2D eigenvalue weighted by molar-refractivity contribution is 5.75. The van der Waals surface area contributed by atoms with Crippen LogP contribution in [0.1, 0.15) is 79.6 Å². The van der Waals surface area contributed by atoms with Crippen LogP contribution in [0, 0.1) is 39.9 Å². The number of ether oxygens (including phenoxy) is 3. The number of cyclic esters (lactones) is 1. The van der Waals surface area contributed by atoms with Crippen molar-refractivity contribution in [3.63, 3.8) is 0 Å². The number of fused-ring (bicyclic) bond motifs is 5. The number of rotatable bonds is 4. The molecular formula is C25H38O6. The molecule has 0 radical (unpaired) electrons. The molecule has 1 saturated heterocycles. The van der Waals surface area contributed by atoms with E-state index in [1.54, 1.807) is 0 Å². The summed E-state index contributed by atoms with van der Waals surface area (Å²) < 4.78 is 17.4. The molecule has 4 fully saturated rings. The number of hydrogen-bond donors (Lipinski definition) is 0. The third-order valence-corrected chi connectivity index (χ3v) is 9.41. The van der Waals surface area contributed by atoms with Gasteiger partial charge < -0.3 is 14.2 Å². The first-order valence-corrected chi connectivity index (χ1v) is 12.0. The van der Waals surface area contributed by atoms with Gasteiger partial charge in [-0.1, -0.05) is 34.1 Å². The third-order valence-electron chi connectivity index (χ3n) is 9.41. The first-order chi connectivity index (χ1) is 14.5. The summed E-state index contributed by atoms with van der Waals surface area (Å²) in [5.74, 6) is -0.308. The Kier molecular flexibility index (Phi) is 5.66. The van der Waals surface area contributed by atoms with Crippen LogP contribution in [0.3, 0.4) is 0 Å². The van der Waals surface area contributed by atoms with Crippen LogP contribution in [0.2, 0.25) is 0 Å². The van der Waals surface area contributed by atoms with Gasteiger partial charge in [-0.15, -0.1) is 0 Å². The van der Waals surface area contributed by atoms with E-state index in [0.29, 0.717) is 32.0 Å². The molecule has 4 aliphatic rings. The van der Waals surface area contributed by atoms with Gasteiger partial charge in [-0.25, -0.2) is 0 Å². The minimum absolute atomic E-state index is 0.0441. The van der Waals surface area contributed by atoms with Gasteiger partial charge in [0.25, 0.3) is 0 Å². The molecule has 1 aliphatic heterocycles. The Balaban J connectivity index is 1.82. The van der Waals surface area contributed by atoms with Gasteiger partial charge in [-0.05, 0) is 48.9 Å². The third kappa shape index (κ3) is 3.48. The lowest BCUT2D eigenvalue weighted by atomic mass is 9.38. The normalized spacial score (nSPS) is 43.1. The molecule has 31 heavy (non-hydrogen) atoms. The van der Waals surface area contributed by atoms with E-state index in [9.17, 15) is 14.4 Å². The molecule has 4 rings (SSSR count). The molecule has 0 bridgehead atoms. The Labute approximate surface area is 185 Å². The Hall–Kier alpha value is -1.59. The predicted molar refractivity (Wildman–Crippen MR) is 114 cm³/mol. The second-order valence-electron chi connectivity index (χ2n) is 11.4. The number of hydrogen-bond acceptors (Lipinski definition) is 6. The zero-order valence-electron chi connectivity index (χ0n) is 19.7. The first kappa shape index (κ1) is 22.6. The Morgan fingerprint density at radius 3 is 2.58 bits per heavy atom. The van der Waals surface area contributed by atoms with E-state index in [1.807, 2.05) is 6.92 Å². The molecule has 0 spiro atoms. The van der Waals surface area contributed by atoms with E-state index in [-0.39, 0.29) is 58.0 Å². The second kappa shape index (κ2) is 7.77. The summed E-state index contributed by atoms with van der Waals surface area (Å²) >= 11 is 0. The van der Waals surface area contributed by atoms with Crippen LogP contribution in [-0.4, -0.2) is 37.2 Å². The highest BCUT2D eigenvalue weighted by atomic mass is 16.6. The van der Waals surface area contributed by atoms with Crippen LogP contribution in [0.15, 0.2) is 0 Å². The van der Waals surface area contributed by atoms with Crippen LogP contribution in [0.25, 0.3) is 0 Å². The highest BCUT2D eigenvalue weighted by Crippen LogP contribution is 2.70. The van der Waals surface area contributed by atoms with Gasteiger partial charge in [0.1, 0.15) is 6.10 Å². The lowest BCUT2D eigenvalue weighted by Gasteiger charge is -2.67. The molecule has 1 heterocycles. The monoisotopic (exact) mass is 434 g/mol. The highest BCUT2D eigenvalue weighted by Gasteiger charge is 2.69. The van der Waals surface area contributed by atoms with Gasteiger partial charge in [-0.2, -0.15) is 0 Å². The standard InChI is InChI=1S/C25H38O6/c1-6-20(27)30-14-25-10-7-9-23(3,4)19(25)8-11-24(5)17-13-29-22(28)16(17)12-18(21(24)25)31-15(2)26/h16-19,21H,6-14H2,1-5H3. The summed E-state index contributed by atoms with van der Waals surface area (Å²) in [6.07, 6.45) is 5.70. The molecule has 174 valence electrons. The Morgan fingerprint density at radius 1 is 1.16 bits per heavy atom. The molecular weight excluding hydrogens is 396 g/mol. The minimum Gasteiger partial charge on any atom is -0.465 e. The predicted octanol–water partition coefficient (Wildman–Crippen LogP) is 4.29. The van der Waals surface area contributed by atoms with Crippen LogP contribution < -0.4 is 0 Å². The lowest BCUT2D eigenvalue weighted by Crippen LogP contribution is -2.66. The zero-order chi connectivity index (χ0) is 22.6. The topological polar surface area (TPSA) is 78.9 Å². The molecule has 3 aliphatic carbocycles. The van der Waals surface area contributed by atoms with Crippen molar-refractivity contribution in [2.75, 3.05) is 13.2 Å². The van der Waals surface area contributed by atoms with Gasteiger partial charge in [0.2, 0.25) is 0 Å². The molecule has 6 heteroatoms. The van der Waals surface area contributed by atoms with E-state index in [0.717, 1.165) is 32.1 Å². The fourth-order valence-corrected chi connectivity index (χ4v) is 8.29. The molecule has 0 aromatic carbocycles. The van der Waals surface area contributed by atoms with Crippen LogP contribution in [0.5, 0.6) is 0 Å². The smallest absolute Gasteiger partial charge is 0.309 e. The van der Waals surface area contributed by atoms with Gasteiger partial charge in [0.05, 0.1) is 19.1 Å². The Morgan fingerprint density at radius 2 is 1.90 bits per heavy atom. The van der Waals surface area contributed by atoms with E-state index < -0.39 is 0 Å². The van der Waals surface area contributed by atoms with Crippen molar-refractivity contribution in [1.29, 1.82) is 0 Å². The Bertz CT molecular complexity index is 759. The molecule has 6 nitrogen and oxygen atoms in total. The van der Waals surface area contributed by atoms with Gasteiger partial charge in [0.15, 0.2) is 0 Å². The molecule has 7 atom stereocenters. The quantitative estimate of drug-likeness (QED) is 0.485. The summed E-state index contributed by atoms with van der Waals surface area (Å²) in [7, 11) is 0. The van der Waals surface area contributed by atoms with Crippen molar-refractivity contribution < 1.29 is 28.6 Å². The van der Waals surface area contributed by atoms with Crippen molar-refractivity contribution in [2.24, 2.45) is 39.9 Å². The minimum atomic E-state index is -0.355. The lowest BCUT2D eigenvalue weighted by molar-refractivity contribution is -0.238. The van der Waals surface area contributed by atoms with Crippen LogP contribution in [-0.2, 0) is 28.6 Å². The van der Waals surface area contributed by atoms with Crippen LogP contribution >= 0.6 is 0 Å². The number of esters is 3. The molecule has 0 aromatic heterocycles. The van der Waals surface area contributed by atoms with Gasteiger partial charge in [0, 0.05) is 30.6 Å². The largest absolute Gasteiger partial charge is 0.465 e. The van der Waals surface area contributed by atoms with Crippen molar-refractivity contribution in [3.05, 3.63) is 0 Å². The summed E-state index contributed by atoms with van der Waals surface area (Å²) in [6.45, 7) is 11.0. The summed E-state index contributed by atoms with van der Waals surface area (Å²) in [5, 5.41) is 0. The fourth-order valence-electron chi connectivity index (χ4n) is 8.29.